The molecule has 6 atom stereocenters. The molecule has 0 amide bonds. The summed E-state index contributed by atoms with van der Waals surface area (Å²) in [7, 11) is -11.2. The first-order chi connectivity index (χ1) is 22.9. The van der Waals surface area contributed by atoms with E-state index in [1.54, 1.807) is 54.6 Å². The first-order valence-electron chi connectivity index (χ1n) is 14.1. The molecule has 1 saturated heterocycles. The van der Waals surface area contributed by atoms with Crippen LogP contribution in [0, 0.1) is 0 Å². The Labute approximate surface area is 271 Å². The number of esters is 2. The van der Waals surface area contributed by atoms with E-state index in [1.165, 1.54) is 36.4 Å². The number of nitrogens with one attached hydrogen (secondary N) is 1. The van der Waals surface area contributed by atoms with Crippen molar-refractivity contribution in [2.75, 3.05) is 6.61 Å². The van der Waals surface area contributed by atoms with Crippen molar-refractivity contribution in [3.63, 3.8) is 0 Å². The van der Waals surface area contributed by atoms with Crippen LogP contribution < -0.4 is 21.0 Å². The molecule has 1 aliphatic rings. The Morgan fingerprint density at radius 2 is 1.27 bits per heavy atom. The highest BCUT2D eigenvalue weighted by atomic mass is 31.3. The standard InChI is InChI=1S/C30H28N2O14P2/c33-24-16-17-32(30(36)31-24)27-26(45-29(35)22-14-8-3-9-15-22)25(44-28(34)21-12-6-2-7-13-21)23(43-27)19-42-48(39,40)46-47(37,38)41-18-20-10-4-1-5-11-20/h1-17,23,25-27H,18-19H2,(H,37,38)(H,39,40)(H,31,33,36)/p-2/t23-,25+,26?,27-/m1/s1. The average molecular weight is 700 g/mol. The molecule has 3 aromatic carbocycles. The summed E-state index contributed by atoms with van der Waals surface area (Å²) in [5, 5.41) is 0. The number of carbonyl (C=O) groups is 2. The fourth-order valence-electron chi connectivity index (χ4n) is 4.56. The number of hydrogen-bond donors (Lipinski definition) is 1. The number of H-pyrrole nitrogens is 1. The van der Waals surface area contributed by atoms with E-state index in [2.05, 4.69) is 8.83 Å². The number of rotatable bonds is 13. The Kier molecular flexibility index (Phi) is 11.0. The molecular weight excluding hydrogens is 674 g/mol. The maximum Gasteiger partial charge on any atom is 0.338 e. The SMILES string of the molecule is O=C(OC1[C@@H](OC(=O)c2ccccc2)[C@@H](COP(=O)([O-])OP(=O)([O-])OCc2ccccc2)O[C@H]1n1ccc(=O)[nH]c1=O)c1ccccc1. The average Bonchev–Trinajstić information content (AvgIpc) is 3.39. The molecule has 252 valence electrons. The van der Waals surface area contributed by atoms with Crippen LogP contribution in [0.1, 0.15) is 32.5 Å². The number of phosphoric ester groups is 2. The zero-order valence-corrected chi connectivity index (χ0v) is 26.4. The number of benzene rings is 3. The van der Waals surface area contributed by atoms with Crippen LogP contribution in [-0.4, -0.2) is 46.4 Å². The van der Waals surface area contributed by atoms with E-state index in [-0.39, 0.29) is 11.1 Å². The summed E-state index contributed by atoms with van der Waals surface area (Å²) in [5.41, 5.74) is -1.25. The van der Waals surface area contributed by atoms with Crippen molar-refractivity contribution in [3.8, 4) is 0 Å². The predicted molar refractivity (Wildman–Crippen MR) is 160 cm³/mol. The third-order valence-electron chi connectivity index (χ3n) is 6.75. The van der Waals surface area contributed by atoms with Crippen LogP contribution in [0.5, 0.6) is 0 Å². The summed E-state index contributed by atoms with van der Waals surface area (Å²) in [5.74, 6) is -1.89. The van der Waals surface area contributed by atoms with Crippen molar-refractivity contribution in [1.82, 2.24) is 9.55 Å². The Hall–Kier alpha value is -4.50. The number of ether oxygens (including phenoxy) is 3. The Morgan fingerprint density at radius 1 is 0.750 bits per heavy atom. The van der Waals surface area contributed by atoms with E-state index in [1.807, 2.05) is 4.98 Å². The maximum absolute atomic E-state index is 13.2. The first kappa shape index (κ1) is 34.8. The molecule has 1 aliphatic heterocycles. The van der Waals surface area contributed by atoms with Gasteiger partial charge in [0.2, 0.25) is 0 Å². The lowest BCUT2D eigenvalue weighted by atomic mass is 10.1. The number of carbonyl (C=O) groups excluding carboxylic acids is 2. The molecule has 2 heterocycles. The fraction of sp³-hybridized carbons (Fsp3) is 0.200. The van der Waals surface area contributed by atoms with E-state index in [0.717, 1.165) is 16.8 Å². The predicted octanol–water partition coefficient (Wildman–Crippen LogP) is 2.07. The van der Waals surface area contributed by atoms with Crippen LogP contribution in [0.4, 0.5) is 0 Å². The molecule has 4 aromatic rings. The minimum absolute atomic E-state index is 0.0515. The van der Waals surface area contributed by atoms with Gasteiger partial charge in [-0.15, -0.1) is 0 Å². The molecule has 1 aromatic heterocycles. The molecule has 0 aliphatic carbocycles. The van der Waals surface area contributed by atoms with Gasteiger partial charge in [0.15, 0.2) is 18.4 Å². The van der Waals surface area contributed by atoms with Crippen LogP contribution in [0.25, 0.3) is 0 Å². The second kappa shape index (κ2) is 15.2. The lowest BCUT2D eigenvalue weighted by Crippen LogP contribution is -2.43. The highest BCUT2D eigenvalue weighted by Crippen LogP contribution is 2.56. The van der Waals surface area contributed by atoms with Crippen molar-refractivity contribution in [3.05, 3.63) is 141 Å². The molecule has 48 heavy (non-hydrogen) atoms. The highest BCUT2D eigenvalue weighted by molar-refractivity contribution is 7.59. The third kappa shape index (κ3) is 9.10. The lowest BCUT2D eigenvalue weighted by molar-refractivity contribution is -0.246. The smallest absolute Gasteiger partial charge is 0.338 e. The fourth-order valence-corrected chi connectivity index (χ4v) is 6.55. The molecule has 5 rings (SSSR count). The number of phosphoric acid groups is 2. The van der Waals surface area contributed by atoms with Crippen molar-refractivity contribution in [2.45, 2.75) is 31.1 Å². The molecule has 16 nitrogen and oxygen atoms in total. The van der Waals surface area contributed by atoms with Gasteiger partial charge in [-0.3, -0.25) is 23.5 Å². The number of aromatic nitrogens is 2. The van der Waals surface area contributed by atoms with Crippen molar-refractivity contribution < 1.29 is 56.1 Å². The van der Waals surface area contributed by atoms with Crippen molar-refractivity contribution in [1.29, 1.82) is 0 Å². The summed E-state index contributed by atoms with van der Waals surface area (Å²) < 4.78 is 56.6. The normalized spacial score (nSPS) is 21.5. The number of nitrogens with zero attached hydrogens (tertiary/aromatic N) is 1. The van der Waals surface area contributed by atoms with E-state index in [9.17, 15) is 38.1 Å². The van der Waals surface area contributed by atoms with Crippen LogP contribution in [0.3, 0.4) is 0 Å². The highest BCUT2D eigenvalue weighted by Gasteiger charge is 2.51. The quantitative estimate of drug-likeness (QED) is 0.156. The summed E-state index contributed by atoms with van der Waals surface area (Å²) in [6.07, 6.45) is -5.53. The second-order valence-corrected chi connectivity index (χ2v) is 13.0. The van der Waals surface area contributed by atoms with Gasteiger partial charge in [-0.2, -0.15) is 0 Å². The lowest BCUT2D eigenvalue weighted by Gasteiger charge is -2.31. The van der Waals surface area contributed by atoms with E-state index in [4.69, 9.17) is 18.7 Å². The van der Waals surface area contributed by atoms with Gasteiger partial charge in [0.05, 0.1) is 24.3 Å². The molecular formula is C30H26N2O14P2-2. The zero-order chi connectivity index (χ0) is 34.3. The topological polar surface area (TPSA) is 225 Å². The Bertz CT molecular complexity index is 1940. The van der Waals surface area contributed by atoms with Crippen LogP contribution in [0.2, 0.25) is 0 Å². The van der Waals surface area contributed by atoms with E-state index < -0.39 is 76.6 Å². The van der Waals surface area contributed by atoms with Crippen LogP contribution >= 0.6 is 15.6 Å². The Morgan fingerprint density at radius 3 is 1.83 bits per heavy atom. The van der Waals surface area contributed by atoms with Crippen molar-refractivity contribution >= 4 is 27.6 Å². The summed E-state index contributed by atoms with van der Waals surface area (Å²) in [4.78, 5) is 77.8. The van der Waals surface area contributed by atoms with Gasteiger partial charge in [-0.1, -0.05) is 66.7 Å². The van der Waals surface area contributed by atoms with Gasteiger partial charge in [-0.05, 0) is 29.8 Å². The van der Waals surface area contributed by atoms with E-state index >= 15 is 0 Å². The monoisotopic (exact) mass is 700 g/mol. The summed E-state index contributed by atoms with van der Waals surface area (Å²) in [6, 6.07) is 24.1. The molecule has 1 fully saturated rings. The second-order valence-electron chi connectivity index (χ2n) is 10.1. The first-order valence-corrected chi connectivity index (χ1v) is 17.0. The van der Waals surface area contributed by atoms with Crippen LogP contribution in [0.15, 0.2) is 113 Å². The summed E-state index contributed by atoms with van der Waals surface area (Å²) >= 11 is 0. The zero-order valence-electron chi connectivity index (χ0n) is 24.6. The minimum atomic E-state index is -5.70. The summed E-state index contributed by atoms with van der Waals surface area (Å²) in [6.45, 7) is -1.59. The van der Waals surface area contributed by atoms with Gasteiger partial charge >= 0.3 is 17.6 Å². The van der Waals surface area contributed by atoms with Gasteiger partial charge < -0.3 is 33.0 Å². The molecule has 0 radical (unpaired) electrons. The van der Waals surface area contributed by atoms with Gasteiger partial charge in [-0.25, -0.2) is 18.7 Å². The van der Waals surface area contributed by atoms with Crippen LogP contribution in [-0.2, 0) is 43.3 Å². The number of hydrogen-bond acceptors (Lipinski definition) is 14. The minimum Gasteiger partial charge on any atom is -0.756 e. The molecule has 0 spiro atoms. The molecule has 0 saturated carbocycles. The van der Waals surface area contributed by atoms with E-state index in [0.29, 0.717) is 5.56 Å². The Balaban J connectivity index is 1.42. The van der Waals surface area contributed by atoms with Gasteiger partial charge in [0, 0.05) is 12.3 Å². The van der Waals surface area contributed by atoms with Gasteiger partial charge in [0.1, 0.15) is 6.10 Å². The number of aromatic amines is 1. The van der Waals surface area contributed by atoms with Crippen molar-refractivity contribution in [2.24, 2.45) is 0 Å². The third-order valence-corrected chi connectivity index (χ3v) is 9.26. The molecule has 0 bridgehead atoms. The molecule has 1 N–H and O–H groups in total. The largest absolute Gasteiger partial charge is 0.756 e. The molecule has 3 unspecified atom stereocenters. The maximum atomic E-state index is 13.2. The van der Waals surface area contributed by atoms with Gasteiger partial charge in [0.25, 0.3) is 21.2 Å². The molecule has 18 heteroatoms.